The Morgan fingerprint density at radius 2 is 2.00 bits per heavy atom. The van der Waals surface area contributed by atoms with E-state index >= 15 is 0 Å². The van der Waals surface area contributed by atoms with E-state index in [2.05, 4.69) is 10.3 Å². The minimum Gasteiger partial charge on any atom is -0.373 e. The Kier molecular flexibility index (Phi) is 5.38. The van der Waals surface area contributed by atoms with Crippen LogP contribution in [0.3, 0.4) is 0 Å². The molecule has 5 nitrogen and oxygen atoms in total. The second kappa shape index (κ2) is 7.88. The van der Waals surface area contributed by atoms with E-state index in [1.165, 1.54) is 12.3 Å². The van der Waals surface area contributed by atoms with Gasteiger partial charge in [0.05, 0.1) is 30.8 Å². The van der Waals surface area contributed by atoms with Crippen molar-refractivity contribution in [2.24, 2.45) is 0 Å². The molecule has 24 heavy (non-hydrogen) atoms. The van der Waals surface area contributed by atoms with Gasteiger partial charge in [-0.05, 0) is 18.4 Å². The van der Waals surface area contributed by atoms with Gasteiger partial charge in [0.1, 0.15) is 5.82 Å². The quantitative estimate of drug-likeness (QED) is 0.935. The smallest absolute Gasteiger partial charge is 0.321 e. The van der Waals surface area contributed by atoms with Crippen molar-refractivity contribution in [2.75, 3.05) is 18.4 Å². The number of aromatic nitrogens is 1. The lowest BCUT2D eigenvalue weighted by atomic mass is 10.1. The van der Waals surface area contributed by atoms with Crippen molar-refractivity contribution in [1.29, 1.82) is 0 Å². The molecule has 1 aromatic carbocycles. The molecule has 1 N–H and O–H groups in total. The third kappa shape index (κ3) is 4.52. The van der Waals surface area contributed by atoms with E-state index in [9.17, 15) is 9.18 Å². The number of hydrogen-bond acceptors (Lipinski definition) is 3. The lowest BCUT2D eigenvalue weighted by Gasteiger charge is -2.32. The van der Waals surface area contributed by atoms with E-state index in [4.69, 9.17) is 4.74 Å². The number of halogens is 1. The van der Waals surface area contributed by atoms with Gasteiger partial charge in [0, 0.05) is 19.2 Å². The minimum atomic E-state index is -0.471. The van der Waals surface area contributed by atoms with Crippen LogP contribution in [0, 0.1) is 5.82 Å². The zero-order valence-electron chi connectivity index (χ0n) is 13.3. The van der Waals surface area contributed by atoms with Gasteiger partial charge in [-0.3, -0.25) is 4.98 Å². The van der Waals surface area contributed by atoms with Crippen LogP contribution in [0.25, 0.3) is 0 Å². The number of anilines is 1. The van der Waals surface area contributed by atoms with Crippen LogP contribution < -0.4 is 5.32 Å². The van der Waals surface area contributed by atoms with Crippen LogP contribution in [-0.2, 0) is 11.3 Å². The Hall–Kier alpha value is -2.47. The summed E-state index contributed by atoms with van der Waals surface area (Å²) in [6.07, 6.45) is 4.27. The highest BCUT2D eigenvalue weighted by Gasteiger charge is 2.23. The maximum Gasteiger partial charge on any atom is 0.321 e. The van der Waals surface area contributed by atoms with Gasteiger partial charge >= 0.3 is 6.03 Å². The van der Waals surface area contributed by atoms with Crippen LogP contribution in [0.5, 0.6) is 0 Å². The van der Waals surface area contributed by atoms with Crippen LogP contribution in [0.1, 0.15) is 18.4 Å². The number of nitrogens with one attached hydrogen (secondary N) is 1. The summed E-state index contributed by atoms with van der Waals surface area (Å²) in [5, 5.41) is 2.67. The average Bonchev–Trinajstić information content (AvgIpc) is 2.61. The van der Waals surface area contributed by atoms with E-state index in [1.54, 1.807) is 4.90 Å². The number of carbonyl (C=O) groups is 1. The molecule has 0 saturated carbocycles. The van der Waals surface area contributed by atoms with Crippen molar-refractivity contribution in [3.05, 3.63) is 60.2 Å². The Balaban J connectivity index is 1.43. The molecule has 1 saturated heterocycles. The van der Waals surface area contributed by atoms with Crippen LogP contribution in [0.2, 0.25) is 0 Å². The monoisotopic (exact) mass is 329 g/mol. The van der Waals surface area contributed by atoms with Gasteiger partial charge in [0.25, 0.3) is 0 Å². The molecule has 0 atom stereocenters. The first-order valence-electron chi connectivity index (χ1n) is 8.03. The Morgan fingerprint density at radius 1 is 1.25 bits per heavy atom. The van der Waals surface area contributed by atoms with Gasteiger partial charge in [0.2, 0.25) is 0 Å². The topological polar surface area (TPSA) is 54.5 Å². The molecule has 1 aromatic heterocycles. The molecule has 6 heteroatoms. The lowest BCUT2D eigenvalue weighted by molar-refractivity contribution is 0.00540. The summed E-state index contributed by atoms with van der Waals surface area (Å²) >= 11 is 0. The first-order valence-corrected chi connectivity index (χ1v) is 8.03. The molecule has 0 unspecified atom stereocenters. The third-order valence-corrected chi connectivity index (χ3v) is 4.01. The number of hydrogen-bond donors (Lipinski definition) is 1. The van der Waals surface area contributed by atoms with Crippen molar-refractivity contribution in [1.82, 2.24) is 9.88 Å². The minimum absolute atomic E-state index is 0.157. The Labute approximate surface area is 140 Å². The average molecular weight is 329 g/mol. The predicted molar refractivity (Wildman–Crippen MR) is 89.0 cm³/mol. The number of pyridine rings is 1. The zero-order valence-corrected chi connectivity index (χ0v) is 13.3. The molecular weight excluding hydrogens is 309 g/mol. The normalized spacial score (nSPS) is 15.3. The molecule has 1 aliphatic rings. The third-order valence-electron chi connectivity index (χ3n) is 4.01. The SMILES string of the molecule is O=C(Nc1cncc(F)c1)N1CCC(OCc2ccccc2)CC1. The molecule has 2 heterocycles. The summed E-state index contributed by atoms with van der Waals surface area (Å²) in [7, 11) is 0. The summed E-state index contributed by atoms with van der Waals surface area (Å²) in [6, 6.07) is 11.1. The van der Waals surface area contributed by atoms with Gasteiger partial charge in [-0.2, -0.15) is 0 Å². The zero-order chi connectivity index (χ0) is 16.8. The summed E-state index contributed by atoms with van der Waals surface area (Å²) < 4.78 is 19.0. The number of carbonyl (C=O) groups excluding carboxylic acids is 1. The number of piperidine rings is 1. The summed E-state index contributed by atoms with van der Waals surface area (Å²) in [4.78, 5) is 17.6. The van der Waals surface area contributed by atoms with E-state index in [1.807, 2.05) is 30.3 Å². The highest BCUT2D eigenvalue weighted by Crippen LogP contribution is 2.17. The molecule has 1 fully saturated rings. The van der Waals surface area contributed by atoms with Crippen LogP contribution in [0.15, 0.2) is 48.8 Å². The van der Waals surface area contributed by atoms with Crippen molar-refractivity contribution < 1.29 is 13.9 Å². The number of nitrogens with zero attached hydrogens (tertiary/aromatic N) is 2. The number of amides is 2. The highest BCUT2D eigenvalue weighted by molar-refractivity contribution is 5.89. The lowest BCUT2D eigenvalue weighted by Crippen LogP contribution is -2.43. The second-order valence-electron chi connectivity index (χ2n) is 5.80. The number of likely N-dealkylation sites (tertiary alicyclic amines) is 1. The molecule has 0 radical (unpaired) electrons. The number of ether oxygens (including phenoxy) is 1. The fourth-order valence-electron chi connectivity index (χ4n) is 2.70. The largest absolute Gasteiger partial charge is 0.373 e. The maximum atomic E-state index is 13.1. The van der Waals surface area contributed by atoms with Crippen LogP contribution in [-0.4, -0.2) is 35.1 Å². The molecule has 1 aliphatic heterocycles. The molecule has 126 valence electrons. The molecule has 2 amide bonds. The Bertz CT molecular complexity index is 673. The molecule has 0 spiro atoms. The van der Waals surface area contributed by atoms with E-state index in [0.717, 1.165) is 24.6 Å². The van der Waals surface area contributed by atoms with Gasteiger partial charge < -0.3 is 15.0 Å². The molecule has 0 aliphatic carbocycles. The number of rotatable bonds is 4. The summed E-state index contributed by atoms with van der Waals surface area (Å²) in [5.41, 5.74) is 1.51. The molecular formula is C18H20FN3O2. The standard InChI is InChI=1S/C18H20FN3O2/c19-15-10-16(12-20-11-15)21-18(23)22-8-6-17(7-9-22)24-13-14-4-2-1-3-5-14/h1-5,10-12,17H,6-9,13H2,(H,21,23). The van der Waals surface area contributed by atoms with Crippen LogP contribution in [0.4, 0.5) is 14.9 Å². The number of benzene rings is 1. The van der Waals surface area contributed by atoms with Crippen molar-refractivity contribution in [3.63, 3.8) is 0 Å². The van der Waals surface area contributed by atoms with E-state index < -0.39 is 5.82 Å². The maximum absolute atomic E-state index is 13.1. The van der Waals surface area contributed by atoms with Crippen molar-refractivity contribution in [3.8, 4) is 0 Å². The predicted octanol–water partition coefficient (Wildman–Crippen LogP) is 3.43. The number of urea groups is 1. The van der Waals surface area contributed by atoms with Gasteiger partial charge in [-0.15, -0.1) is 0 Å². The van der Waals surface area contributed by atoms with Gasteiger partial charge in [0.15, 0.2) is 0 Å². The summed E-state index contributed by atoms with van der Waals surface area (Å²) in [6.45, 7) is 1.83. The van der Waals surface area contributed by atoms with Gasteiger partial charge in [-0.1, -0.05) is 30.3 Å². The van der Waals surface area contributed by atoms with E-state index in [-0.39, 0.29) is 12.1 Å². The fraction of sp³-hybridized carbons (Fsp3) is 0.333. The fourth-order valence-corrected chi connectivity index (χ4v) is 2.70. The molecule has 2 aromatic rings. The molecule has 0 bridgehead atoms. The highest BCUT2D eigenvalue weighted by atomic mass is 19.1. The van der Waals surface area contributed by atoms with Crippen molar-refractivity contribution >= 4 is 11.7 Å². The first-order chi connectivity index (χ1) is 11.7. The van der Waals surface area contributed by atoms with Gasteiger partial charge in [-0.25, -0.2) is 9.18 Å². The van der Waals surface area contributed by atoms with Crippen LogP contribution >= 0.6 is 0 Å². The second-order valence-corrected chi connectivity index (χ2v) is 5.80. The Morgan fingerprint density at radius 3 is 2.71 bits per heavy atom. The first kappa shape index (κ1) is 16.4. The van der Waals surface area contributed by atoms with Crippen molar-refractivity contribution in [2.45, 2.75) is 25.6 Å². The molecule has 3 rings (SSSR count). The van der Waals surface area contributed by atoms with E-state index in [0.29, 0.717) is 25.4 Å². The summed E-state index contributed by atoms with van der Waals surface area (Å²) in [5.74, 6) is -0.471.